The number of amides is 1. The average Bonchev–Trinajstić information content (AvgIpc) is 3.06. The number of hydrogen-bond donors (Lipinski definition) is 1. The topological polar surface area (TPSA) is 72.7 Å². The second-order valence-corrected chi connectivity index (χ2v) is 7.33. The van der Waals surface area contributed by atoms with Gasteiger partial charge in [-0.2, -0.15) is 0 Å². The molecule has 4 rings (SSSR count). The van der Waals surface area contributed by atoms with E-state index in [9.17, 15) is 9.59 Å². The van der Waals surface area contributed by atoms with Crippen molar-refractivity contribution in [1.29, 1.82) is 0 Å². The molecule has 3 aromatic rings. The Balaban J connectivity index is 1.63. The van der Waals surface area contributed by atoms with Crippen LogP contribution >= 0.6 is 11.3 Å². The third-order valence-corrected chi connectivity index (χ3v) is 5.84. The summed E-state index contributed by atoms with van der Waals surface area (Å²) in [4.78, 5) is 31.7. The Kier molecular flexibility index (Phi) is 4.46. The van der Waals surface area contributed by atoms with Gasteiger partial charge in [-0.15, -0.1) is 11.3 Å². The van der Waals surface area contributed by atoms with Gasteiger partial charge in [-0.25, -0.2) is 4.98 Å². The van der Waals surface area contributed by atoms with E-state index in [1.807, 2.05) is 24.3 Å². The number of fused-ring (bicyclic) bond motifs is 3. The molecule has 1 aromatic carbocycles. The summed E-state index contributed by atoms with van der Waals surface area (Å²) in [5.74, 6) is 0.281. The molecule has 2 aromatic heterocycles. The predicted octanol–water partition coefficient (Wildman–Crippen LogP) is 2.57. The fraction of sp³-hybridized carbons (Fsp3) is 0.316. The van der Waals surface area contributed by atoms with Crippen molar-refractivity contribution in [3.05, 3.63) is 62.5 Å². The first-order chi connectivity index (χ1) is 12.7. The zero-order chi connectivity index (χ0) is 18.1. The first kappa shape index (κ1) is 16.8. The van der Waals surface area contributed by atoms with Gasteiger partial charge in [-0.1, -0.05) is 18.2 Å². The van der Waals surface area contributed by atoms with Crippen LogP contribution in [0.2, 0.25) is 0 Å². The Morgan fingerprint density at radius 2 is 2.12 bits per heavy atom. The highest BCUT2D eigenvalue weighted by molar-refractivity contribution is 7.17. The number of benzene rings is 1. The van der Waals surface area contributed by atoms with Crippen LogP contribution in [0.25, 0.3) is 4.96 Å². The van der Waals surface area contributed by atoms with E-state index in [2.05, 4.69) is 10.3 Å². The molecular formula is C19H19N3O3S. The second kappa shape index (κ2) is 6.92. The minimum atomic E-state index is -0.418. The fourth-order valence-electron chi connectivity index (χ4n) is 3.34. The molecule has 0 atom stereocenters. The van der Waals surface area contributed by atoms with E-state index >= 15 is 0 Å². The lowest BCUT2D eigenvalue weighted by atomic mass is 10.0. The van der Waals surface area contributed by atoms with Crippen LogP contribution < -0.4 is 15.6 Å². The van der Waals surface area contributed by atoms with Crippen molar-refractivity contribution < 1.29 is 9.53 Å². The molecule has 6 nitrogen and oxygen atoms in total. The number of aromatic nitrogens is 2. The molecule has 134 valence electrons. The number of carbonyl (C=O) groups excluding carboxylic acids is 1. The van der Waals surface area contributed by atoms with E-state index in [0.29, 0.717) is 10.7 Å². The summed E-state index contributed by atoms with van der Waals surface area (Å²) in [5, 5.41) is 2.80. The molecular weight excluding hydrogens is 350 g/mol. The maximum Gasteiger partial charge on any atom is 0.271 e. The third-order valence-electron chi connectivity index (χ3n) is 4.68. The average molecular weight is 369 g/mol. The zero-order valence-corrected chi connectivity index (χ0v) is 15.3. The Hall–Kier alpha value is -2.67. The Labute approximate surface area is 154 Å². The lowest BCUT2D eigenvalue weighted by molar-refractivity contribution is 0.0948. The number of nitrogens with one attached hydrogen (secondary N) is 1. The van der Waals surface area contributed by atoms with Crippen molar-refractivity contribution in [3.63, 3.8) is 0 Å². The van der Waals surface area contributed by atoms with Gasteiger partial charge < -0.3 is 10.1 Å². The number of methoxy groups -OCH3 is 1. The van der Waals surface area contributed by atoms with Crippen LogP contribution in [0.5, 0.6) is 5.75 Å². The van der Waals surface area contributed by atoms with Gasteiger partial charge >= 0.3 is 0 Å². The van der Waals surface area contributed by atoms with Gasteiger partial charge in [-0.3, -0.25) is 14.0 Å². The Morgan fingerprint density at radius 3 is 2.96 bits per heavy atom. The molecule has 0 spiro atoms. The van der Waals surface area contributed by atoms with E-state index in [1.165, 1.54) is 11.1 Å². The van der Waals surface area contributed by atoms with Crippen LogP contribution in [0, 0.1) is 0 Å². The zero-order valence-electron chi connectivity index (χ0n) is 14.4. The number of thiazole rings is 1. The summed E-state index contributed by atoms with van der Waals surface area (Å²) in [7, 11) is 1.59. The molecule has 1 aliphatic carbocycles. The molecule has 0 radical (unpaired) electrons. The molecule has 0 unspecified atom stereocenters. The van der Waals surface area contributed by atoms with Gasteiger partial charge in [0.25, 0.3) is 11.5 Å². The van der Waals surface area contributed by atoms with Crippen LogP contribution in [-0.4, -0.2) is 22.4 Å². The summed E-state index contributed by atoms with van der Waals surface area (Å²) in [6.45, 7) is 0.284. The maximum absolute atomic E-state index is 12.9. The Bertz CT molecular complexity index is 1040. The van der Waals surface area contributed by atoms with Crippen LogP contribution in [0.3, 0.4) is 0 Å². The van der Waals surface area contributed by atoms with Gasteiger partial charge in [-0.05, 0) is 31.7 Å². The highest BCUT2D eigenvalue weighted by atomic mass is 32.1. The molecule has 7 heteroatoms. The number of nitrogens with zero attached hydrogens (tertiary/aromatic N) is 2. The Morgan fingerprint density at radius 1 is 1.31 bits per heavy atom. The molecule has 0 saturated heterocycles. The molecule has 0 fully saturated rings. The molecule has 0 aliphatic heterocycles. The molecule has 1 amide bonds. The van der Waals surface area contributed by atoms with E-state index in [1.54, 1.807) is 22.8 Å². The highest BCUT2D eigenvalue weighted by Gasteiger charge is 2.21. The van der Waals surface area contributed by atoms with Crippen LogP contribution in [0.4, 0.5) is 0 Å². The lowest BCUT2D eigenvalue weighted by Gasteiger charge is -2.11. The number of rotatable bonds is 4. The SMILES string of the molecule is COc1ccccc1CNC(=O)c1cnc2sc3c(n2c1=O)CCCC3. The van der Waals surface area contributed by atoms with Gasteiger partial charge in [0, 0.05) is 28.9 Å². The number of carbonyl (C=O) groups is 1. The number of para-hydroxylation sites is 1. The lowest BCUT2D eigenvalue weighted by Crippen LogP contribution is -2.31. The van der Waals surface area contributed by atoms with E-state index in [0.717, 1.165) is 36.9 Å². The highest BCUT2D eigenvalue weighted by Crippen LogP contribution is 2.28. The first-order valence-corrected chi connectivity index (χ1v) is 9.43. The smallest absolute Gasteiger partial charge is 0.271 e. The van der Waals surface area contributed by atoms with Crippen molar-refractivity contribution in [2.24, 2.45) is 0 Å². The van der Waals surface area contributed by atoms with E-state index < -0.39 is 5.91 Å². The first-order valence-electron chi connectivity index (χ1n) is 8.61. The molecule has 0 bridgehead atoms. The molecule has 0 saturated carbocycles. The van der Waals surface area contributed by atoms with Crippen molar-refractivity contribution >= 4 is 22.2 Å². The summed E-state index contributed by atoms with van der Waals surface area (Å²) in [5.41, 5.74) is 1.66. The molecule has 2 heterocycles. The minimum Gasteiger partial charge on any atom is -0.496 e. The van der Waals surface area contributed by atoms with Crippen LogP contribution in [0.15, 0.2) is 35.3 Å². The largest absolute Gasteiger partial charge is 0.496 e. The van der Waals surface area contributed by atoms with Crippen LogP contribution in [0.1, 0.15) is 39.3 Å². The minimum absolute atomic E-state index is 0.0728. The predicted molar refractivity (Wildman–Crippen MR) is 100 cm³/mol. The second-order valence-electron chi connectivity index (χ2n) is 6.27. The monoisotopic (exact) mass is 369 g/mol. The summed E-state index contributed by atoms with van der Waals surface area (Å²) < 4.78 is 6.91. The third kappa shape index (κ3) is 2.88. The number of ether oxygens (including phenoxy) is 1. The van der Waals surface area contributed by atoms with E-state index in [4.69, 9.17) is 4.74 Å². The number of hydrogen-bond acceptors (Lipinski definition) is 5. The summed E-state index contributed by atoms with van der Waals surface area (Å²) in [6, 6.07) is 7.46. The van der Waals surface area contributed by atoms with Crippen molar-refractivity contribution in [3.8, 4) is 5.75 Å². The van der Waals surface area contributed by atoms with Gasteiger partial charge in [0.15, 0.2) is 4.96 Å². The normalized spacial score (nSPS) is 13.4. The summed E-state index contributed by atoms with van der Waals surface area (Å²) in [6.07, 6.45) is 5.44. The van der Waals surface area contributed by atoms with E-state index in [-0.39, 0.29) is 17.7 Å². The van der Waals surface area contributed by atoms with Crippen LogP contribution in [-0.2, 0) is 19.4 Å². The summed E-state index contributed by atoms with van der Waals surface area (Å²) >= 11 is 1.55. The fourth-order valence-corrected chi connectivity index (χ4v) is 4.51. The van der Waals surface area contributed by atoms with Gasteiger partial charge in [0.05, 0.1) is 7.11 Å². The molecule has 26 heavy (non-hydrogen) atoms. The maximum atomic E-state index is 12.9. The van der Waals surface area contributed by atoms with Gasteiger partial charge in [0.1, 0.15) is 11.3 Å². The quantitative estimate of drug-likeness (QED) is 0.767. The molecule has 1 aliphatic rings. The number of aryl methyl sites for hydroxylation is 2. The van der Waals surface area contributed by atoms with Crippen molar-refractivity contribution in [2.45, 2.75) is 32.2 Å². The standard InChI is InChI=1S/C19H19N3O3S/c1-25-15-8-4-2-6-12(15)10-20-17(23)13-11-21-19-22(18(13)24)14-7-3-5-9-16(14)26-19/h2,4,6,8,11H,3,5,7,9-10H2,1H3,(H,20,23). The molecule has 1 N–H and O–H groups in total. The van der Waals surface area contributed by atoms with Gasteiger partial charge in [0.2, 0.25) is 0 Å². The van der Waals surface area contributed by atoms with Crippen molar-refractivity contribution in [1.82, 2.24) is 14.7 Å². The van der Waals surface area contributed by atoms with Crippen molar-refractivity contribution in [2.75, 3.05) is 7.11 Å².